The fourth-order valence-corrected chi connectivity index (χ4v) is 5.61. The first kappa shape index (κ1) is 27.5. The van der Waals surface area contributed by atoms with Gasteiger partial charge in [0.05, 0.1) is 36.2 Å². The average molecular weight is 576 g/mol. The molecule has 3 aromatic heterocycles. The summed E-state index contributed by atoms with van der Waals surface area (Å²) in [6, 6.07) is 11.1. The summed E-state index contributed by atoms with van der Waals surface area (Å²) in [5.74, 6) is -1.77. The fourth-order valence-electron chi connectivity index (χ4n) is 5.61. The maximum absolute atomic E-state index is 14.9. The molecule has 6 rings (SSSR count). The first-order valence-corrected chi connectivity index (χ1v) is 13.4. The third-order valence-electron chi connectivity index (χ3n) is 7.59. The van der Waals surface area contributed by atoms with Crippen molar-refractivity contribution in [1.82, 2.24) is 39.4 Å². The number of aliphatic hydroxyl groups is 1. The number of hydrogen-bond donors (Lipinski definition) is 2. The Morgan fingerprint density at radius 2 is 1.69 bits per heavy atom. The summed E-state index contributed by atoms with van der Waals surface area (Å²) in [7, 11) is 0. The van der Waals surface area contributed by atoms with Gasteiger partial charge in [0, 0.05) is 55.3 Å². The quantitative estimate of drug-likeness (QED) is 0.286. The summed E-state index contributed by atoms with van der Waals surface area (Å²) < 4.78 is 45.7. The predicted molar refractivity (Wildman–Crippen MR) is 148 cm³/mol. The average Bonchev–Trinajstić information content (AvgIpc) is 3.64. The van der Waals surface area contributed by atoms with Gasteiger partial charge in [0.1, 0.15) is 23.1 Å². The van der Waals surface area contributed by atoms with E-state index >= 15 is 0 Å². The minimum Gasteiger partial charge on any atom is -0.382 e. The number of likely N-dealkylation sites (tertiary alicyclic amines) is 1. The van der Waals surface area contributed by atoms with Crippen molar-refractivity contribution in [2.75, 3.05) is 25.4 Å². The molecule has 216 valence electrons. The minimum atomic E-state index is -1.69. The van der Waals surface area contributed by atoms with Crippen LogP contribution in [0.1, 0.15) is 24.4 Å². The standard InChI is InChI=1S/C29H28F3N9O/c30-20-3-1-19(2-4-20)26-27(25-7-10-34-28(33)37-25)41(18-35-26)22-8-12-39(13-9-22)16-29(42,17-40-14-11-36-38-40)23-6-5-21(31)15-24(23)32/h1-7,10-11,14-15,18,22,42H,8-9,12-13,16-17H2,(H2,33,34,37)/t29-/m0/s1. The van der Waals surface area contributed by atoms with Gasteiger partial charge < -0.3 is 15.4 Å². The molecule has 42 heavy (non-hydrogen) atoms. The second-order valence-corrected chi connectivity index (χ2v) is 10.4. The minimum absolute atomic E-state index is 0.0105. The molecule has 1 fully saturated rings. The van der Waals surface area contributed by atoms with Crippen LogP contribution in [0.5, 0.6) is 0 Å². The summed E-state index contributed by atoms with van der Waals surface area (Å²) in [6.45, 7) is 1.21. The molecule has 0 bridgehead atoms. The highest BCUT2D eigenvalue weighted by atomic mass is 19.1. The number of rotatable bonds is 8. The topological polar surface area (TPSA) is 124 Å². The van der Waals surface area contributed by atoms with Crippen molar-refractivity contribution in [3.8, 4) is 22.6 Å². The van der Waals surface area contributed by atoms with Crippen LogP contribution in [0.4, 0.5) is 19.1 Å². The van der Waals surface area contributed by atoms with Gasteiger partial charge in [0.15, 0.2) is 0 Å². The molecule has 5 aromatic rings. The number of imidazole rings is 1. The van der Waals surface area contributed by atoms with E-state index in [1.165, 1.54) is 29.1 Å². The van der Waals surface area contributed by atoms with Gasteiger partial charge in [-0.2, -0.15) is 0 Å². The van der Waals surface area contributed by atoms with Crippen LogP contribution < -0.4 is 5.73 Å². The van der Waals surface area contributed by atoms with Crippen molar-refractivity contribution >= 4 is 5.95 Å². The molecule has 0 spiro atoms. The van der Waals surface area contributed by atoms with E-state index in [-0.39, 0.29) is 36.5 Å². The van der Waals surface area contributed by atoms with E-state index < -0.39 is 17.2 Å². The lowest BCUT2D eigenvalue weighted by Crippen LogP contribution is -2.47. The summed E-state index contributed by atoms with van der Waals surface area (Å²) in [5, 5.41) is 19.5. The molecule has 1 saturated heterocycles. The van der Waals surface area contributed by atoms with Crippen LogP contribution in [0.25, 0.3) is 22.6 Å². The maximum atomic E-state index is 14.9. The van der Waals surface area contributed by atoms with E-state index in [0.29, 0.717) is 37.3 Å². The number of halogens is 3. The Hall–Kier alpha value is -4.62. The van der Waals surface area contributed by atoms with Crippen molar-refractivity contribution in [1.29, 1.82) is 0 Å². The molecule has 0 amide bonds. The van der Waals surface area contributed by atoms with E-state index in [0.717, 1.165) is 23.4 Å². The lowest BCUT2D eigenvalue weighted by atomic mass is 9.91. The molecule has 4 heterocycles. The molecule has 0 aliphatic carbocycles. The highest BCUT2D eigenvalue weighted by Crippen LogP contribution is 2.36. The Bertz CT molecular complexity index is 1670. The Morgan fingerprint density at radius 1 is 0.929 bits per heavy atom. The van der Waals surface area contributed by atoms with Gasteiger partial charge in [-0.05, 0) is 49.2 Å². The monoisotopic (exact) mass is 575 g/mol. The number of nitrogens with two attached hydrogens (primary N) is 1. The Morgan fingerprint density at radius 3 is 2.38 bits per heavy atom. The van der Waals surface area contributed by atoms with E-state index in [1.807, 2.05) is 0 Å². The lowest BCUT2D eigenvalue weighted by molar-refractivity contribution is -0.0284. The van der Waals surface area contributed by atoms with Gasteiger partial charge in [-0.15, -0.1) is 5.10 Å². The number of hydrogen-bond acceptors (Lipinski definition) is 8. The number of nitrogens with zero attached hydrogens (tertiary/aromatic N) is 8. The number of anilines is 1. The first-order valence-electron chi connectivity index (χ1n) is 13.4. The number of β-amino-alcohol motifs (C(OH)–C–C–N with tert-alkyl or cyclic N) is 1. The van der Waals surface area contributed by atoms with E-state index in [1.54, 1.807) is 36.9 Å². The van der Waals surface area contributed by atoms with Crippen LogP contribution in [0.15, 0.2) is 73.4 Å². The number of benzene rings is 2. The molecule has 1 aliphatic heterocycles. The molecule has 13 heteroatoms. The van der Waals surface area contributed by atoms with Gasteiger partial charge in [-0.25, -0.2) is 32.8 Å². The van der Waals surface area contributed by atoms with Crippen molar-refractivity contribution in [2.24, 2.45) is 0 Å². The van der Waals surface area contributed by atoms with E-state index in [4.69, 9.17) is 5.73 Å². The van der Waals surface area contributed by atoms with Crippen molar-refractivity contribution in [2.45, 2.75) is 31.0 Å². The molecule has 3 N–H and O–H groups in total. The fraction of sp³-hybridized carbons (Fsp3) is 0.276. The summed E-state index contributed by atoms with van der Waals surface area (Å²) in [5.41, 5.74) is 6.92. The van der Waals surface area contributed by atoms with Crippen molar-refractivity contribution in [3.05, 3.63) is 96.5 Å². The van der Waals surface area contributed by atoms with Crippen LogP contribution in [0, 0.1) is 17.5 Å². The Balaban J connectivity index is 1.26. The normalized spacial score (nSPS) is 16.0. The van der Waals surface area contributed by atoms with Gasteiger partial charge in [0.2, 0.25) is 5.95 Å². The molecule has 1 aliphatic rings. The molecule has 1 atom stereocenters. The van der Waals surface area contributed by atoms with Crippen LogP contribution in [-0.4, -0.2) is 64.2 Å². The zero-order chi connectivity index (χ0) is 29.3. The van der Waals surface area contributed by atoms with E-state index in [2.05, 4.69) is 34.7 Å². The zero-order valence-electron chi connectivity index (χ0n) is 22.5. The van der Waals surface area contributed by atoms with Crippen LogP contribution >= 0.6 is 0 Å². The summed E-state index contributed by atoms with van der Waals surface area (Å²) in [6.07, 6.45) is 7.77. The summed E-state index contributed by atoms with van der Waals surface area (Å²) in [4.78, 5) is 15.2. The molecule has 2 aromatic carbocycles. The van der Waals surface area contributed by atoms with Crippen molar-refractivity contribution < 1.29 is 18.3 Å². The van der Waals surface area contributed by atoms with Gasteiger partial charge in [-0.3, -0.25) is 4.90 Å². The molecule has 0 saturated carbocycles. The molecular weight excluding hydrogens is 547 g/mol. The Labute approximate surface area is 239 Å². The predicted octanol–water partition coefficient (Wildman–Crippen LogP) is 3.82. The molecule has 10 nitrogen and oxygen atoms in total. The Kier molecular flexibility index (Phi) is 7.43. The molecule has 0 unspecified atom stereocenters. The third kappa shape index (κ3) is 5.60. The van der Waals surface area contributed by atoms with E-state index in [9.17, 15) is 18.3 Å². The zero-order valence-corrected chi connectivity index (χ0v) is 22.5. The smallest absolute Gasteiger partial charge is 0.220 e. The molecule has 0 radical (unpaired) electrons. The van der Waals surface area contributed by atoms with Gasteiger partial charge >= 0.3 is 0 Å². The first-order chi connectivity index (χ1) is 20.3. The van der Waals surface area contributed by atoms with Crippen LogP contribution in [-0.2, 0) is 12.1 Å². The highest BCUT2D eigenvalue weighted by molar-refractivity contribution is 5.77. The number of nitrogen functional groups attached to an aromatic ring is 1. The summed E-state index contributed by atoms with van der Waals surface area (Å²) >= 11 is 0. The van der Waals surface area contributed by atoms with Crippen LogP contribution in [0.2, 0.25) is 0 Å². The number of piperidine rings is 1. The maximum Gasteiger partial charge on any atom is 0.220 e. The van der Waals surface area contributed by atoms with Crippen LogP contribution in [0.3, 0.4) is 0 Å². The lowest BCUT2D eigenvalue weighted by Gasteiger charge is -2.39. The van der Waals surface area contributed by atoms with Gasteiger partial charge in [-0.1, -0.05) is 11.3 Å². The third-order valence-corrected chi connectivity index (χ3v) is 7.59. The number of aromatic nitrogens is 7. The second kappa shape index (κ2) is 11.3. The largest absolute Gasteiger partial charge is 0.382 e. The van der Waals surface area contributed by atoms with Gasteiger partial charge in [0.25, 0.3) is 0 Å². The second-order valence-electron chi connectivity index (χ2n) is 10.4. The van der Waals surface area contributed by atoms with Crippen molar-refractivity contribution in [3.63, 3.8) is 0 Å². The SMILES string of the molecule is Nc1nccc(-c2c(-c3ccc(F)cc3)ncn2C2CCN(C[C@](O)(Cn3ccnn3)c3ccc(F)cc3F)CC2)n1. The highest BCUT2D eigenvalue weighted by Gasteiger charge is 2.37. The molecular formula is C29H28F3N9O.